The van der Waals surface area contributed by atoms with Crippen molar-refractivity contribution < 1.29 is 4.80 Å². The predicted molar refractivity (Wildman–Crippen MR) is 98.9 cm³/mol. The van der Waals surface area contributed by atoms with E-state index in [9.17, 15) is 4.80 Å². The van der Waals surface area contributed by atoms with E-state index in [1.165, 1.54) is 0 Å². The molecule has 3 aromatic rings. The smallest absolute Gasteiger partial charge is 0.201 e. The molecule has 0 radical (unpaired) electrons. The van der Waals surface area contributed by atoms with E-state index in [1.54, 1.807) is 0 Å². The molecule has 0 aliphatic heterocycles. The summed E-state index contributed by atoms with van der Waals surface area (Å²) in [6, 6.07) is 31.2. The van der Waals surface area contributed by atoms with Crippen LogP contribution in [0.4, 0.5) is 0 Å². The Morgan fingerprint density at radius 2 is 0.826 bits per heavy atom. The van der Waals surface area contributed by atoms with Gasteiger partial charge in [-0.05, 0) is 29.8 Å². The first-order chi connectivity index (χ1) is 11.1. The third-order valence-corrected chi connectivity index (χ3v) is 7.24. The van der Waals surface area contributed by atoms with Crippen LogP contribution in [0.1, 0.15) is 16.7 Å². The summed E-state index contributed by atoms with van der Waals surface area (Å²) in [6.45, 7) is 4.06. The Morgan fingerprint density at radius 3 is 1.04 bits per heavy atom. The van der Waals surface area contributed by atoms with Crippen molar-refractivity contribution >= 4 is 8.32 Å². The van der Waals surface area contributed by atoms with Crippen LogP contribution in [0.15, 0.2) is 91.0 Å². The van der Waals surface area contributed by atoms with E-state index in [0.717, 1.165) is 16.7 Å². The Kier molecular flexibility index (Phi) is 4.20. The van der Waals surface area contributed by atoms with E-state index in [-0.39, 0.29) is 0 Å². The van der Waals surface area contributed by atoms with Gasteiger partial charge in [0.2, 0.25) is 8.32 Å². The SMILES string of the molecule is C[Si](C)(O)C(c1ccccc1)(c1ccccc1)c1ccccc1. The molecule has 0 fully saturated rings. The normalized spacial score (nSPS) is 12.1. The van der Waals surface area contributed by atoms with Crippen molar-refractivity contribution in [2.75, 3.05) is 0 Å². The van der Waals surface area contributed by atoms with Gasteiger partial charge >= 0.3 is 0 Å². The van der Waals surface area contributed by atoms with Crippen molar-refractivity contribution in [3.05, 3.63) is 108 Å². The Labute approximate surface area is 139 Å². The molecule has 0 saturated heterocycles. The summed E-state index contributed by atoms with van der Waals surface area (Å²) in [5.41, 5.74) is 3.45. The van der Waals surface area contributed by atoms with Crippen LogP contribution < -0.4 is 0 Å². The number of hydrogen-bond donors (Lipinski definition) is 1. The van der Waals surface area contributed by atoms with Crippen molar-refractivity contribution in [3.8, 4) is 0 Å². The standard InChI is InChI=1S/C21H22OSi/c1-23(2,22)21(18-12-6-3-7-13-18,19-14-8-4-9-15-19)20-16-10-5-11-17-20/h3-17,22H,1-2H3. The second-order valence-electron chi connectivity index (χ2n) is 6.41. The third kappa shape index (κ3) is 2.65. The zero-order chi connectivity index (χ0) is 16.3. The summed E-state index contributed by atoms with van der Waals surface area (Å²) in [5, 5.41) is -0.489. The highest BCUT2D eigenvalue weighted by atomic mass is 28.4. The van der Waals surface area contributed by atoms with Gasteiger partial charge in [0.1, 0.15) is 0 Å². The maximum absolute atomic E-state index is 11.4. The van der Waals surface area contributed by atoms with Gasteiger partial charge in [0, 0.05) is 0 Å². The maximum Gasteiger partial charge on any atom is 0.201 e. The molecule has 116 valence electrons. The van der Waals surface area contributed by atoms with Crippen LogP contribution in [0.2, 0.25) is 13.1 Å². The fourth-order valence-corrected chi connectivity index (χ4v) is 6.24. The van der Waals surface area contributed by atoms with Gasteiger partial charge in [0.15, 0.2) is 0 Å². The van der Waals surface area contributed by atoms with Gasteiger partial charge < -0.3 is 4.80 Å². The van der Waals surface area contributed by atoms with E-state index in [1.807, 2.05) is 31.3 Å². The zero-order valence-electron chi connectivity index (χ0n) is 13.6. The average Bonchev–Trinajstić information content (AvgIpc) is 2.57. The Bertz CT molecular complexity index is 649. The van der Waals surface area contributed by atoms with Gasteiger partial charge in [-0.2, -0.15) is 0 Å². The summed E-state index contributed by atoms with van der Waals surface area (Å²) in [5.74, 6) is 0. The second-order valence-corrected chi connectivity index (χ2v) is 10.3. The number of benzene rings is 3. The van der Waals surface area contributed by atoms with Crippen molar-refractivity contribution in [1.82, 2.24) is 0 Å². The van der Waals surface area contributed by atoms with Crippen LogP contribution >= 0.6 is 0 Å². The van der Waals surface area contributed by atoms with Crippen LogP contribution in [0.5, 0.6) is 0 Å². The molecule has 1 nitrogen and oxygen atoms in total. The first-order valence-electron chi connectivity index (χ1n) is 7.96. The molecule has 0 aromatic heterocycles. The molecule has 0 atom stereocenters. The van der Waals surface area contributed by atoms with Crippen molar-refractivity contribution in [2.45, 2.75) is 18.1 Å². The van der Waals surface area contributed by atoms with E-state index in [4.69, 9.17) is 0 Å². The predicted octanol–water partition coefficient (Wildman–Crippen LogP) is 4.76. The first-order valence-corrected chi connectivity index (χ1v) is 10.9. The van der Waals surface area contributed by atoms with Crippen molar-refractivity contribution in [2.24, 2.45) is 0 Å². The molecular formula is C21H22OSi. The van der Waals surface area contributed by atoms with Gasteiger partial charge in [-0.1, -0.05) is 91.0 Å². The molecule has 0 heterocycles. The molecule has 0 unspecified atom stereocenters. The minimum absolute atomic E-state index is 0.489. The quantitative estimate of drug-likeness (QED) is 0.543. The van der Waals surface area contributed by atoms with Crippen LogP contribution in [-0.2, 0) is 5.04 Å². The molecule has 0 saturated carbocycles. The number of rotatable bonds is 4. The topological polar surface area (TPSA) is 20.2 Å². The van der Waals surface area contributed by atoms with E-state index in [2.05, 4.69) is 72.8 Å². The van der Waals surface area contributed by atoms with Crippen LogP contribution in [-0.4, -0.2) is 13.1 Å². The van der Waals surface area contributed by atoms with Gasteiger partial charge in [0.25, 0.3) is 0 Å². The Morgan fingerprint density at radius 1 is 0.565 bits per heavy atom. The Hall–Kier alpha value is -2.16. The molecule has 23 heavy (non-hydrogen) atoms. The molecule has 0 spiro atoms. The summed E-state index contributed by atoms with van der Waals surface area (Å²) < 4.78 is 0. The second kappa shape index (κ2) is 6.15. The molecule has 1 N–H and O–H groups in total. The third-order valence-electron chi connectivity index (χ3n) is 4.54. The van der Waals surface area contributed by atoms with Gasteiger partial charge in [-0.15, -0.1) is 0 Å². The fraction of sp³-hybridized carbons (Fsp3) is 0.143. The lowest BCUT2D eigenvalue weighted by atomic mass is 9.84. The largest absolute Gasteiger partial charge is 0.431 e. The van der Waals surface area contributed by atoms with E-state index < -0.39 is 13.4 Å². The monoisotopic (exact) mass is 318 g/mol. The highest BCUT2D eigenvalue weighted by Crippen LogP contribution is 2.45. The summed E-state index contributed by atoms with van der Waals surface area (Å²) >= 11 is 0. The summed E-state index contributed by atoms with van der Waals surface area (Å²) in [7, 11) is -2.66. The molecule has 0 amide bonds. The highest BCUT2D eigenvalue weighted by Gasteiger charge is 2.50. The molecular weight excluding hydrogens is 296 g/mol. The van der Waals surface area contributed by atoms with Gasteiger partial charge in [-0.25, -0.2) is 0 Å². The van der Waals surface area contributed by atoms with Crippen LogP contribution in [0.3, 0.4) is 0 Å². The van der Waals surface area contributed by atoms with Crippen LogP contribution in [0, 0.1) is 0 Å². The molecule has 3 rings (SSSR count). The maximum atomic E-state index is 11.4. The number of hydrogen-bond acceptors (Lipinski definition) is 1. The lowest BCUT2D eigenvalue weighted by Crippen LogP contribution is -2.53. The molecule has 0 aliphatic carbocycles. The van der Waals surface area contributed by atoms with Crippen molar-refractivity contribution in [3.63, 3.8) is 0 Å². The van der Waals surface area contributed by atoms with Crippen LogP contribution in [0.25, 0.3) is 0 Å². The Balaban J connectivity index is 2.41. The molecule has 0 aliphatic rings. The molecule has 3 aromatic carbocycles. The van der Waals surface area contributed by atoms with Crippen molar-refractivity contribution in [1.29, 1.82) is 0 Å². The fourth-order valence-electron chi connectivity index (χ4n) is 3.62. The first kappa shape index (κ1) is 15.7. The highest BCUT2D eigenvalue weighted by molar-refractivity contribution is 6.74. The van der Waals surface area contributed by atoms with E-state index >= 15 is 0 Å². The zero-order valence-corrected chi connectivity index (χ0v) is 14.6. The van der Waals surface area contributed by atoms with E-state index in [0.29, 0.717) is 0 Å². The summed E-state index contributed by atoms with van der Waals surface area (Å²) in [6.07, 6.45) is 0. The van der Waals surface area contributed by atoms with Gasteiger partial charge in [-0.3, -0.25) is 0 Å². The minimum Gasteiger partial charge on any atom is -0.431 e. The minimum atomic E-state index is -2.66. The lowest BCUT2D eigenvalue weighted by Gasteiger charge is -2.43. The van der Waals surface area contributed by atoms with Gasteiger partial charge in [0.05, 0.1) is 5.04 Å². The molecule has 2 heteroatoms. The summed E-state index contributed by atoms with van der Waals surface area (Å²) in [4.78, 5) is 11.4. The average molecular weight is 318 g/mol. The lowest BCUT2D eigenvalue weighted by molar-refractivity contribution is 0.509. The molecule has 0 bridgehead atoms.